The summed E-state index contributed by atoms with van der Waals surface area (Å²) in [5, 5.41) is 12.9. The van der Waals surface area contributed by atoms with Gasteiger partial charge in [0.15, 0.2) is 0 Å². The Morgan fingerprint density at radius 2 is 1.94 bits per heavy atom. The molecule has 1 aliphatic carbocycles. The maximum atomic E-state index is 9.48. The predicted molar refractivity (Wildman–Crippen MR) is 75.8 cm³/mol. The second-order valence-corrected chi connectivity index (χ2v) is 6.25. The summed E-state index contributed by atoms with van der Waals surface area (Å²) in [4.78, 5) is 0. The third kappa shape index (κ3) is 6.17. The van der Waals surface area contributed by atoms with Crippen molar-refractivity contribution in [2.45, 2.75) is 83.4 Å². The number of nitrogens with one attached hydrogen (secondary N) is 1. The van der Waals surface area contributed by atoms with Gasteiger partial charge in [0.05, 0.1) is 12.7 Å². The first-order valence-corrected chi connectivity index (χ1v) is 7.56. The minimum Gasteiger partial charge on any atom is -0.394 e. The summed E-state index contributed by atoms with van der Waals surface area (Å²) in [7, 11) is 0. The first kappa shape index (κ1) is 15.9. The van der Waals surface area contributed by atoms with Crippen LogP contribution in [0.2, 0.25) is 0 Å². The highest BCUT2D eigenvalue weighted by molar-refractivity contribution is 4.83. The lowest BCUT2D eigenvalue weighted by atomic mass is 9.95. The van der Waals surface area contributed by atoms with E-state index in [9.17, 15) is 5.11 Å². The van der Waals surface area contributed by atoms with Crippen LogP contribution >= 0.6 is 0 Å². The summed E-state index contributed by atoms with van der Waals surface area (Å²) in [5.74, 6) is 0. The summed E-state index contributed by atoms with van der Waals surface area (Å²) in [5.41, 5.74) is -0.163. The van der Waals surface area contributed by atoms with Gasteiger partial charge in [-0.25, -0.2) is 0 Å². The fraction of sp³-hybridized carbons (Fsp3) is 1.00. The van der Waals surface area contributed by atoms with Crippen molar-refractivity contribution in [3.8, 4) is 0 Å². The summed E-state index contributed by atoms with van der Waals surface area (Å²) in [6.45, 7) is 7.35. The number of hydrogen-bond donors (Lipinski definition) is 2. The Bertz CT molecular complexity index is 215. The number of rotatable bonds is 8. The van der Waals surface area contributed by atoms with E-state index in [0.717, 1.165) is 19.4 Å². The maximum absolute atomic E-state index is 9.48. The zero-order valence-corrected chi connectivity index (χ0v) is 12.4. The van der Waals surface area contributed by atoms with Crippen molar-refractivity contribution in [3.63, 3.8) is 0 Å². The number of hydrogen-bond acceptors (Lipinski definition) is 3. The highest BCUT2D eigenvalue weighted by atomic mass is 16.5. The molecular formula is C15H31NO2. The van der Waals surface area contributed by atoms with Crippen molar-refractivity contribution >= 4 is 0 Å². The van der Waals surface area contributed by atoms with Gasteiger partial charge in [-0.3, -0.25) is 0 Å². The molecule has 1 saturated carbocycles. The van der Waals surface area contributed by atoms with E-state index in [0.29, 0.717) is 12.1 Å². The molecule has 1 fully saturated rings. The Kier molecular flexibility index (Phi) is 7.20. The molecule has 0 saturated heterocycles. The number of aliphatic hydroxyl groups is 1. The lowest BCUT2D eigenvalue weighted by Crippen LogP contribution is -2.49. The predicted octanol–water partition coefficient (Wildman–Crippen LogP) is 2.86. The van der Waals surface area contributed by atoms with Gasteiger partial charge in [0, 0.05) is 18.2 Å². The molecule has 2 N–H and O–H groups in total. The average molecular weight is 257 g/mol. The van der Waals surface area contributed by atoms with Gasteiger partial charge in [-0.15, -0.1) is 0 Å². The molecule has 1 unspecified atom stereocenters. The van der Waals surface area contributed by atoms with E-state index < -0.39 is 0 Å². The third-order valence-corrected chi connectivity index (χ3v) is 3.76. The van der Waals surface area contributed by atoms with E-state index in [4.69, 9.17) is 4.74 Å². The van der Waals surface area contributed by atoms with Crippen LogP contribution in [0.1, 0.15) is 65.7 Å². The van der Waals surface area contributed by atoms with E-state index in [1.807, 2.05) is 0 Å². The van der Waals surface area contributed by atoms with Gasteiger partial charge in [0.2, 0.25) is 0 Å². The molecule has 3 nitrogen and oxygen atoms in total. The van der Waals surface area contributed by atoms with E-state index in [-0.39, 0.29) is 12.1 Å². The molecule has 1 rings (SSSR count). The van der Waals surface area contributed by atoms with E-state index in [1.165, 1.54) is 32.1 Å². The van der Waals surface area contributed by atoms with E-state index in [2.05, 4.69) is 26.1 Å². The molecule has 3 heteroatoms. The van der Waals surface area contributed by atoms with Gasteiger partial charge in [0.25, 0.3) is 0 Å². The molecule has 1 atom stereocenters. The topological polar surface area (TPSA) is 41.5 Å². The minimum atomic E-state index is -0.163. The zero-order chi connectivity index (χ0) is 13.4. The van der Waals surface area contributed by atoms with Crippen molar-refractivity contribution in [1.29, 1.82) is 0 Å². The molecule has 0 radical (unpaired) electrons. The van der Waals surface area contributed by atoms with Crippen molar-refractivity contribution in [2.75, 3.05) is 13.2 Å². The van der Waals surface area contributed by atoms with Crippen LogP contribution in [-0.4, -0.2) is 36.0 Å². The second-order valence-electron chi connectivity index (χ2n) is 6.25. The van der Waals surface area contributed by atoms with Crippen LogP contribution in [0, 0.1) is 0 Å². The monoisotopic (exact) mass is 257 g/mol. The molecule has 0 heterocycles. The average Bonchev–Trinajstić information content (AvgIpc) is 2.35. The highest BCUT2D eigenvalue weighted by Gasteiger charge is 2.23. The molecule has 0 bridgehead atoms. The molecule has 0 spiro atoms. The number of ether oxygens (including phenoxy) is 1. The summed E-state index contributed by atoms with van der Waals surface area (Å²) < 4.78 is 5.92. The van der Waals surface area contributed by atoms with Crippen molar-refractivity contribution in [1.82, 2.24) is 5.32 Å². The Labute approximate surface area is 112 Å². The van der Waals surface area contributed by atoms with Crippen molar-refractivity contribution in [2.24, 2.45) is 0 Å². The Hall–Kier alpha value is -0.120. The summed E-state index contributed by atoms with van der Waals surface area (Å²) in [6.07, 6.45) is 8.99. The van der Waals surface area contributed by atoms with Gasteiger partial charge in [0.1, 0.15) is 0 Å². The van der Waals surface area contributed by atoms with Crippen LogP contribution in [0.15, 0.2) is 0 Å². The highest BCUT2D eigenvalue weighted by Crippen LogP contribution is 2.21. The molecular weight excluding hydrogens is 226 g/mol. The van der Waals surface area contributed by atoms with Crippen LogP contribution in [0.25, 0.3) is 0 Å². The minimum absolute atomic E-state index is 0.163. The quantitative estimate of drug-likeness (QED) is 0.657. The fourth-order valence-corrected chi connectivity index (χ4v) is 2.84. The third-order valence-electron chi connectivity index (χ3n) is 3.76. The van der Waals surface area contributed by atoms with Gasteiger partial charge < -0.3 is 15.2 Å². The molecule has 0 aliphatic heterocycles. The number of aliphatic hydroxyl groups excluding tert-OH is 1. The van der Waals surface area contributed by atoms with Crippen LogP contribution in [0.4, 0.5) is 0 Å². The van der Waals surface area contributed by atoms with E-state index in [1.54, 1.807) is 0 Å². The molecule has 0 amide bonds. The van der Waals surface area contributed by atoms with Crippen LogP contribution in [0.3, 0.4) is 0 Å². The largest absolute Gasteiger partial charge is 0.394 e. The summed E-state index contributed by atoms with van der Waals surface area (Å²) in [6, 6.07) is 0.404. The van der Waals surface area contributed by atoms with Crippen molar-refractivity contribution in [3.05, 3.63) is 0 Å². The Morgan fingerprint density at radius 3 is 2.50 bits per heavy atom. The standard InChI is InChI=1S/C15H31NO2/c1-13(2)16-15(3,12-17)10-7-11-18-14-8-5-4-6-9-14/h13-14,16-17H,4-12H2,1-3H3. The molecule has 0 aromatic rings. The SMILES string of the molecule is CC(C)NC(C)(CO)CCCOC1CCCCC1. The molecule has 0 aromatic heterocycles. The lowest BCUT2D eigenvalue weighted by molar-refractivity contribution is 0.0216. The van der Waals surface area contributed by atoms with Crippen molar-refractivity contribution < 1.29 is 9.84 Å². The van der Waals surface area contributed by atoms with Gasteiger partial charge >= 0.3 is 0 Å². The first-order chi connectivity index (χ1) is 8.56. The van der Waals surface area contributed by atoms with Gasteiger partial charge in [-0.1, -0.05) is 33.1 Å². The van der Waals surface area contributed by atoms with E-state index >= 15 is 0 Å². The summed E-state index contributed by atoms with van der Waals surface area (Å²) >= 11 is 0. The Morgan fingerprint density at radius 1 is 1.28 bits per heavy atom. The van der Waals surface area contributed by atoms with Crippen LogP contribution in [-0.2, 0) is 4.74 Å². The Balaban J connectivity index is 2.14. The smallest absolute Gasteiger partial charge is 0.0610 e. The fourth-order valence-electron chi connectivity index (χ4n) is 2.84. The molecule has 0 aromatic carbocycles. The zero-order valence-electron chi connectivity index (χ0n) is 12.4. The lowest BCUT2D eigenvalue weighted by Gasteiger charge is -2.31. The maximum Gasteiger partial charge on any atom is 0.0610 e. The molecule has 108 valence electrons. The second kappa shape index (κ2) is 8.13. The van der Waals surface area contributed by atoms with Gasteiger partial charge in [-0.2, -0.15) is 0 Å². The molecule has 18 heavy (non-hydrogen) atoms. The first-order valence-electron chi connectivity index (χ1n) is 7.56. The van der Waals surface area contributed by atoms with Crippen LogP contribution in [0.5, 0.6) is 0 Å². The normalized spacial score (nSPS) is 21.2. The van der Waals surface area contributed by atoms with Crippen LogP contribution < -0.4 is 5.32 Å². The molecule has 1 aliphatic rings. The van der Waals surface area contributed by atoms with Gasteiger partial charge in [-0.05, 0) is 32.6 Å².